The van der Waals surface area contributed by atoms with Gasteiger partial charge in [0.1, 0.15) is 0 Å². The standard InChI is InChI=1S/C27H40O2Si/c1-5-6-7-8-9-10-11-18-23-26(28)29-30(27(2,3)4,24-19-14-12-15-20-24)25-21-16-13-17-22-25/h12-23,26,28H,5-11H2,1-4H3/b23-18+. The van der Waals surface area contributed by atoms with E-state index in [1.807, 2.05) is 18.2 Å². The van der Waals surface area contributed by atoms with Gasteiger partial charge < -0.3 is 9.53 Å². The molecule has 30 heavy (non-hydrogen) atoms. The van der Waals surface area contributed by atoms with Crippen molar-refractivity contribution in [1.29, 1.82) is 0 Å². The van der Waals surface area contributed by atoms with Crippen LogP contribution in [-0.4, -0.2) is 19.7 Å². The van der Waals surface area contributed by atoms with E-state index in [0.717, 1.165) is 6.42 Å². The zero-order valence-electron chi connectivity index (χ0n) is 19.3. The minimum Gasteiger partial charge on any atom is -0.380 e. The third kappa shape index (κ3) is 6.66. The summed E-state index contributed by atoms with van der Waals surface area (Å²) in [7, 11) is -2.70. The molecule has 3 heteroatoms. The van der Waals surface area contributed by atoms with Gasteiger partial charge in [-0.15, -0.1) is 0 Å². The first-order valence-electron chi connectivity index (χ1n) is 11.6. The Morgan fingerprint density at radius 2 is 1.33 bits per heavy atom. The number of unbranched alkanes of at least 4 members (excludes halogenated alkanes) is 6. The molecule has 0 bridgehead atoms. The maximum Gasteiger partial charge on any atom is 0.264 e. The summed E-state index contributed by atoms with van der Waals surface area (Å²) in [6.45, 7) is 8.93. The fourth-order valence-electron chi connectivity index (χ4n) is 4.17. The maximum atomic E-state index is 10.9. The van der Waals surface area contributed by atoms with E-state index in [1.165, 1.54) is 48.9 Å². The molecule has 0 amide bonds. The highest BCUT2D eigenvalue weighted by Gasteiger charge is 2.51. The molecule has 1 atom stereocenters. The van der Waals surface area contributed by atoms with Crippen molar-refractivity contribution in [3.05, 3.63) is 72.8 Å². The van der Waals surface area contributed by atoms with Crippen LogP contribution in [0.15, 0.2) is 72.8 Å². The first kappa shape index (κ1) is 24.6. The Labute approximate surface area is 185 Å². The van der Waals surface area contributed by atoms with Crippen molar-refractivity contribution in [2.24, 2.45) is 0 Å². The van der Waals surface area contributed by atoms with E-state index < -0.39 is 14.6 Å². The molecule has 0 spiro atoms. The number of hydrogen-bond acceptors (Lipinski definition) is 2. The Morgan fingerprint density at radius 3 is 1.83 bits per heavy atom. The van der Waals surface area contributed by atoms with Gasteiger partial charge in [-0.25, -0.2) is 0 Å². The second-order valence-corrected chi connectivity index (χ2v) is 13.4. The smallest absolute Gasteiger partial charge is 0.264 e. The number of rotatable bonds is 12. The van der Waals surface area contributed by atoms with Crippen molar-refractivity contribution in [3.8, 4) is 0 Å². The average molecular weight is 425 g/mol. The molecule has 1 N–H and O–H groups in total. The molecule has 1 unspecified atom stereocenters. The van der Waals surface area contributed by atoms with Crippen LogP contribution < -0.4 is 10.4 Å². The topological polar surface area (TPSA) is 29.5 Å². The van der Waals surface area contributed by atoms with Gasteiger partial charge in [0, 0.05) is 0 Å². The molecule has 0 fully saturated rings. The summed E-state index contributed by atoms with van der Waals surface area (Å²) in [4.78, 5) is 0. The normalized spacial score (nSPS) is 13.6. The van der Waals surface area contributed by atoms with Gasteiger partial charge in [-0.2, -0.15) is 0 Å². The molecular weight excluding hydrogens is 384 g/mol. The summed E-state index contributed by atoms with van der Waals surface area (Å²) >= 11 is 0. The zero-order valence-corrected chi connectivity index (χ0v) is 20.3. The summed E-state index contributed by atoms with van der Waals surface area (Å²) in [6.07, 6.45) is 11.7. The van der Waals surface area contributed by atoms with Gasteiger partial charge in [0.2, 0.25) is 0 Å². The molecule has 0 saturated heterocycles. The van der Waals surface area contributed by atoms with Crippen LogP contribution >= 0.6 is 0 Å². The Kier molecular flexibility index (Phi) is 10.0. The SMILES string of the molecule is CCCCCCCC/C=C/C(O)O[Si](c1ccccc1)(c1ccccc1)C(C)(C)C. The Hall–Kier alpha value is -1.68. The molecule has 2 aromatic carbocycles. The number of hydrogen-bond donors (Lipinski definition) is 1. The third-order valence-corrected chi connectivity index (χ3v) is 10.7. The summed E-state index contributed by atoms with van der Waals surface area (Å²) < 4.78 is 6.64. The molecule has 2 nitrogen and oxygen atoms in total. The fourth-order valence-corrected chi connectivity index (χ4v) is 8.62. The first-order valence-corrected chi connectivity index (χ1v) is 13.5. The molecule has 0 aliphatic heterocycles. The monoisotopic (exact) mass is 424 g/mol. The zero-order chi connectivity index (χ0) is 21.9. The average Bonchev–Trinajstić information content (AvgIpc) is 2.74. The van der Waals surface area contributed by atoms with Crippen molar-refractivity contribution < 1.29 is 9.53 Å². The van der Waals surface area contributed by atoms with E-state index in [-0.39, 0.29) is 5.04 Å². The highest BCUT2D eigenvalue weighted by molar-refractivity contribution is 6.99. The number of benzene rings is 2. The van der Waals surface area contributed by atoms with Crippen molar-refractivity contribution >= 4 is 18.7 Å². The quantitative estimate of drug-likeness (QED) is 0.190. The number of aliphatic hydroxyl groups is 1. The van der Waals surface area contributed by atoms with E-state index in [2.05, 4.69) is 82.3 Å². The summed E-state index contributed by atoms with van der Waals surface area (Å²) in [5, 5.41) is 13.1. The second kappa shape index (κ2) is 12.2. The summed E-state index contributed by atoms with van der Waals surface area (Å²) in [5.74, 6) is 0. The molecule has 2 rings (SSSR count). The highest BCUT2D eigenvalue weighted by atomic mass is 28.4. The van der Waals surface area contributed by atoms with Crippen molar-refractivity contribution in [2.75, 3.05) is 0 Å². The van der Waals surface area contributed by atoms with E-state index in [1.54, 1.807) is 0 Å². The Morgan fingerprint density at radius 1 is 0.833 bits per heavy atom. The minimum absolute atomic E-state index is 0.135. The lowest BCUT2D eigenvalue weighted by atomic mass is 10.1. The summed E-state index contributed by atoms with van der Waals surface area (Å²) in [6, 6.07) is 20.9. The molecule has 0 aliphatic rings. The molecule has 0 radical (unpaired) electrons. The van der Waals surface area contributed by atoms with Gasteiger partial charge >= 0.3 is 0 Å². The fraction of sp³-hybridized carbons (Fsp3) is 0.481. The van der Waals surface area contributed by atoms with Crippen LogP contribution in [0.2, 0.25) is 5.04 Å². The van der Waals surface area contributed by atoms with Crippen LogP contribution in [0.4, 0.5) is 0 Å². The lowest BCUT2D eigenvalue weighted by Crippen LogP contribution is -2.67. The highest BCUT2D eigenvalue weighted by Crippen LogP contribution is 2.37. The van der Waals surface area contributed by atoms with Crippen molar-refractivity contribution in [2.45, 2.75) is 84.0 Å². The van der Waals surface area contributed by atoms with E-state index in [9.17, 15) is 5.11 Å². The van der Waals surface area contributed by atoms with Crippen LogP contribution in [-0.2, 0) is 4.43 Å². The molecule has 2 aromatic rings. The van der Waals surface area contributed by atoms with E-state index in [4.69, 9.17) is 4.43 Å². The van der Waals surface area contributed by atoms with Gasteiger partial charge in [-0.3, -0.25) is 0 Å². The molecule has 0 saturated carbocycles. The lowest BCUT2D eigenvalue weighted by Gasteiger charge is -2.43. The van der Waals surface area contributed by atoms with Crippen LogP contribution in [0.25, 0.3) is 0 Å². The largest absolute Gasteiger partial charge is 0.380 e. The maximum absolute atomic E-state index is 10.9. The van der Waals surface area contributed by atoms with Gasteiger partial charge in [-0.05, 0) is 34.3 Å². The predicted molar refractivity (Wildman–Crippen MR) is 132 cm³/mol. The van der Waals surface area contributed by atoms with Crippen LogP contribution in [0.3, 0.4) is 0 Å². The lowest BCUT2D eigenvalue weighted by molar-refractivity contribution is 0.0161. The third-order valence-electron chi connectivity index (χ3n) is 5.74. The van der Waals surface area contributed by atoms with Gasteiger partial charge in [-0.1, -0.05) is 127 Å². The predicted octanol–water partition coefficient (Wildman–Crippen LogP) is 6.19. The van der Waals surface area contributed by atoms with E-state index >= 15 is 0 Å². The van der Waals surface area contributed by atoms with Crippen molar-refractivity contribution in [1.82, 2.24) is 0 Å². The first-order chi connectivity index (χ1) is 14.4. The second-order valence-electron chi connectivity index (χ2n) is 9.16. The number of allylic oxidation sites excluding steroid dienone is 1. The molecule has 0 aromatic heterocycles. The van der Waals surface area contributed by atoms with Gasteiger partial charge in [0.05, 0.1) is 0 Å². The molecular formula is C27H40O2Si. The van der Waals surface area contributed by atoms with Crippen molar-refractivity contribution in [3.63, 3.8) is 0 Å². The van der Waals surface area contributed by atoms with Crippen LogP contribution in [0.1, 0.15) is 72.6 Å². The van der Waals surface area contributed by atoms with Gasteiger partial charge in [0.15, 0.2) is 6.29 Å². The van der Waals surface area contributed by atoms with E-state index in [0.29, 0.717) is 0 Å². The Bertz CT molecular complexity index is 695. The molecule has 0 heterocycles. The number of aliphatic hydroxyl groups excluding tert-OH is 1. The minimum atomic E-state index is -2.70. The Balaban J connectivity index is 2.17. The summed E-state index contributed by atoms with van der Waals surface area (Å²) in [5.41, 5.74) is 0. The molecule has 0 aliphatic carbocycles. The van der Waals surface area contributed by atoms with Crippen LogP contribution in [0.5, 0.6) is 0 Å². The van der Waals surface area contributed by atoms with Gasteiger partial charge in [0.25, 0.3) is 8.32 Å². The molecule has 164 valence electrons. The van der Waals surface area contributed by atoms with Crippen LogP contribution in [0, 0.1) is 0 Å².